The van der Waals surface area contributed by atoms with Gasteiger partial charge in [0.1, 0.15) is 0 Å². The van der Waals surface area contributed by atoms with Crippen LogP contribution in [0.4, 0.5) is 0 Å². The van der Waals surface area contributed by atoms with Crippen molar-refractivity contribution in [2.24, 2.45) is 0 Å². The van der Waals surface area contributed by atoms with Gasteiger partial charge in [0.15, 0.2) is 0 Å². The molecule has 6 heteroatoms. The van der Waals surface area contributed by atoms with Crippen LogP contribution in [0.25, 0.3) is 0 Å². The Morgan fingerprint density at radius 1 is 0.667 bits per heavy atom. The van der Waals surface area contributed by atoms with Crippen LogP contribution in [0.15, 0.2) is 6.07 Å². The summed E-state index contributed by atoms with van der Waals surface area (Å²) in [5.41, 5.74) is 0. The van der Waals surface area contributed by atoms with Gasteiger partial charge in [0, 0.05) is 0 Å². The van der Waals surface area contributed by atoms with E-state index in [0.29, 0.717) is 10.0 Å². The van der Waals surface area contributed by atoms with Crippen molar-refractivity contribution in [2.75, 3.05) is 0 Å². The van der Waals surface area contributed by atoms with Crippen LogP contribution in [0, 0.1) is 0 Å². The van der Waals surface area contributed by atoms with Crippen LogP contribution < -0.4 is 0 Å². The van der Waals surface area contributed by atoms with E-state index in [0.717, 1.165) is 0 Å². The average molecular weight is 274 g/mol. The van der Waals surface area contributed by atoms with Crippen LogP contribution in [0.5, 0.6) is 0 Å². The summed E-state index contributed by atoms with van der Waals surface area (Å²) in [6.07, 6.45) is 0. The first-order chi connectivity index (χ1) is 5.04. The van der Waals surface area contributed by atoms with Crippen LogP contribution in [0.3, 0.4) is 0 Å². The van der Waals surface area contributed by atoms with Gasteiger partial charge in [-0.2, -0.15) is 0 Å². The van der Waals surface area contributed by atoms with E-state index in [4.69, 9.17) is 58.0 Å². The molecule has 0 aliphatic heterocycles. The van der Waals surface area contributed by atoms with E-state index in [2.05, 4.69) is 0 Å². The molecule has 0 spiro atoms. The minimum absolute atomic E-state index is 0. The number of hydrogen-bond donors (Lipinski definition) is 0. The fourth-order valence-electron chi connectivity index (χ4n) is 0.544. The van der Waals surface area contributed by atoms with Crippen molar-refractivity contribution < 1.29 is 0 Å². The molecule has 1 aromatic carbocycles. The van der Waals surface area contributed by atoms with Crippen LogP contribution >= 0.6 is 58.0 Å². The molecule has 12 heavy (non-hydrogen) atoms. The van der Waals surface area contributed by atoms with Crippen molar-refractivity contribution in [3.63, 3.8) is 0 Å². The zero-order valence-electron chi connectivity index (χ0n) is 4.97. The third kappa shape index (κ3) is 2.83. The standard InChI is InChI=1S/C6HCl5.Na.H/c7-2-1-3(8)5(10)6(11)4(2)9;;/h1H;;. The molecule has 0 saturated carbocycles. The molecule has 0 amide bonds. The van der Waals surface area contributed by atoms with Crippen LogP contribution in [0.2, 0.25) is 25.1 Å². The topological polar surface area (TPSA) is 0 Å². The second-order valence-electron chi connectivity index (χ2n) is 1.78. The van der Waals surface area contributed by atoms with E-state index in [9.17, 15) is 0 Å². The van der Waals surface area contributed by atoms with E-state index >= 15 is 0 Å². The molecule has 0 aliphatic carbocycles. The van der Waals surface area contributed by atoms with Crippen molar-refractivity contribution >= 4 is 87.6 Å². The third-order valence-electron chi connectivity index (χ3n) is 1.06. The zero-order valence-corrected chi connectivity index (χ0v) is 8.75. The van der Waals surface area contributed by atoms with Gasteiger partial charge >= 0.3 is 29.6 Å². The Morgan fingerprint density at radius 2 is 1.00 bits per heavy atom. The Bertz CT molecular complexity index is 272. The predicted molar refractivity (Wildman–Crippen MR) is 58.6 cm³/mol. The molecular formula is C6H2Cl5Na. The SMILES string of the molecule is Clc1cc(Cl)c(Cl)c(Cl)c1Cl.[NaH]. The fraction of sp³-hybridized carbons (Fsp3) is 0. The number of rotatable bonds is 0. The first-order valence-electron chi connectivity index (χ1n) is 2.52. The van der Waals surface area contributed by atoms with E-state index in [-0.39, 0.29) is 44.6 Å². The maximum atomic E-state index is 5.66. The van der Waals surface area contributed by atoms with E-state index in [1.165, 1.54) is 6.07 Å². The van der Waals surface area contributed by atoms with Crippen LogP contribution in [-0.2, 0) is 0 Å². The van der Waals surface area contributed by atoms with Gasteiger partial charge in [-0.3, -0.25) is 0 Å². The van der Waals surface area contributed by atoms with Gasteiger partial charge in [-0.15, -0.1) is 0 Å². The average Bonchev–Trinajstić information content (AvgIpc) is 1.97. The molecule has 0 N–H and O–H groups in total. The summed E-state index contributed by atoms with van der Waals surface area (Å²) in [4.78, 5) is 0. The molecule has 0 atom stereocenters. The number of benzene rings is 1. The van der Waals surface area contributed by atoms with Crippen molar-refractivity contribution in [3.8, 4) is 0 Å². The quantitative estimate of drug-likeness (QED) is 0.376. The van der Waals surface area contributed by atoms with Gasteiger partial charge in [0.2, 0.25) is 0 Å². The molecule has 1 aromatic rings. The molecule has 0 unspecified atom stereocenters. The fourth-order valence-corrected chi connectivity index (χ4v) is 1.65. The monoisotopic (exact) mass is 272 g/mol. The van der Waals surface area contributed by atoms with Crippen molar-refractivity contribution in [3.05, 3.63) is 31.2 Å². The molecule has 0 saturated heterocycles. The summed E-state index contributed by atoms with van der Waals surface area (Å²) in [6.45, 7) is 0. The second-order valence-corrected chi connectivity index (χ2v) is 3.73. The van der Waals surface area contributed by atoms with Crippen molar-refractivity contribution in [1.29, 1.82) is 0 Å². The molecule has 0 bridgehead atoms. The number of halogens is 5. The summed E-state index contributed by atoms with van der Waals surface area (Å²) in [5.74, 6) is 0. The number of hydrogen-bond acceptors (Lipinski definition) is 0. The first kappa shape index (κ1) is 13.7. The van der Waals surface area contributed by atoms with Crippen LogP contribution in [-0.4, -0.2) is 29.6 Å². The Balaban J connectivity index is 0.00000121. The molecule has 0 fully saturated rings. The summed E-state index contributed by atoms with van der Waals surface area (Å²) >= 11 is 28.2. The molecule has 0 aliphatic rings. The molecule has 1 rings (SSSR count). The third-order valence-corrected chi connectivity index (χ3v) is 3.20. The molecule has 0 nitrogen and oxygen atoms in total. The predicted octanol–water partition coefficient (Wildman–Crippen LogP) is 4.31. The molecule has 0 radical (unpaired) electrons. The minimum atomic E-state index is 0. The van der Waals surface area contributed by atoms with E-state index < -0.39 is 0 Å². The zero-order chi connectivity index (χ0) is 8.59. The first-order valence-corrected chi connectivity index (χ1v) is 4.41. The Kier molecular flexibility index (Phi) is 6.30. The van der Waals surface area contributed by atoms with Gasteiger partial charge in [-0.25, -0.2) is 0 Å². The Hall–Kier alpha value is 1.67. The van der Waals surface area contributed by atoms with Gasteiger partial charge in [0.25, 0.3) is 0 Å². The molecule has 62 valence electrons. The van der Waals surface area contributed by atoms with Gasteiger partial charge < -0.3 is 0 Å². The maximum absolute atomic E-state index is 5.66. The molecule has 0 heterocycles. The van der Waals surface area contributed by atoms with E-state index in [1.807, 2.05) is 0 Å². The summed E-state index contributed by atoms with van der Waals surface area (Å²) in [6, 6.07) is 1.44. The molecular weight excluding hydrogens is 272 g/mol. The second kappa shape index (κ2) is 5.53. The normalized spacial score (nSPS) is 9.42. The summed E-state index contributed by atoms with van der Waals surface area (Å²) < 4.78 is 0. The Labute approximate surface area is 117 Å². The Morgan fingerprint density at radius 3 is 1.33 bits per heavy atom. The van der Waals surface area contributed by atoms with Crippen LogP contribution in [0.1, 0.15) is 0 Å². The van der Waals surface area contributed by atoms with E-state index in [1.54, 1.807) is 0 Å². The van der Waals surface area contributed by atoms with Crippen molar-refractivity contribution in [1.82, 2.24) is 0 Å². The van der Waals surface area contributed by atoms with Crippen molar-refractivity contribution in [2.45, 2.75) is 0 Å². The van der Waals surface area contributed by atoms with Gasteiger partial charge in [-0.1, -0.05) is 58.0 Å². The summed E-state index contributed by atoms with van der Waals surface area (Å²) in [7, 11) is 0. The van der Waals surface area contributed by atoms with Gasteiger partial charge in [-0.05, 0) is 6.07 Å². The van der Waals surface area contributed by atoms with Gasteiger partial charge in [0.05, 0.1) is 25.1 Å². The summed E-state index contributed by atoms with van der Waals surface area (Å²) in [5, 5.41) is 1.23. The molecule has 0 aromatic heterocycles.